The topological polar surface area (TPSA) is 74.7 Å². The van der Waals surface area contributed by atoms with Crippen molar-refractivity contribution >= 4 is 5.91 Å². The molecule has 1 aliphatic rings. The zero-order chi connectivity index (χ0) is 15.4. The minimum absolute atomic E-state index is 0.273. The van der Waals surface area contributed by atoms with Crippen molar-refractivity contribution in [1.82, 2.24) is 15.2 Å². The van der Waals surface area contributed by atoms with E-state index in [4.69, 9.17) is 10.3 Å². The van der Waals surface area contributed by atoms with Crippen LogP contribution in [-0.4, -0.2) is 48.4 Å². The van der Waals surface area contributed by atoms with Crippen LogP contribution in [0.1, 0.15) is 41.6 Å². The molecule has 21 heavy (non-hydrogen) atoms. The third-order valence-corrected chi connectivity index (χ3v) is 4.24. The van der Waals surface area contributed by atoms with Gasteiger partial charge in [0.2, 0.25) is 0 Å². The van der Waals surface area contributed by atoms with Gasteiger partial charge in [-0.1, -0.05) is 6.92 Å². The summed E-state index contributed by atoms with van der Waals surface area (Å²) in [5.41, 5.74) is 3.13. The van der Waals surface area contributed by atoms with Crippen molar-refractivity contribution in [3.05, 3.63) is 23.2 Å². The Labute approximate surface area is 126 Å². The molecular weight excluding hydrogens is 268 g/mol. The van der Waals surface area contributed by atoms with Gasteiger partial charge >= 0.3 is 5.91 Å². The summed E-state index contributed by atoms with van der Waals surface area (Å²) in [4.78, 5) is 16.3. The molecule has 0 saturated carbocycles. The van der Waals surface area contributed by atoms with Crippen LogP contribution in [0, 0.1) is 6.92 Å². The molecule has 1 atom stereocenters. The summed E-state index contributed by atoms with van der Waals surface area (Å²) in [5.74, 6) is 5.79. The standard InChI is InChI=1S/C15H26N4O2/c1-4-19-7-5-6-13(19)10-18(3)9-12-8-14(15(20)17-16)21-11(12)2/h8,13H,4-7,9-10,16H2,1-3H3,(H,17,20). The Bertz CT molecular complexity index is 486. The van der Waals surface area contributed by atoms with Crippen LogP contribution in [-0.2, 0) is 6.54 Å². The van der Waals surface area contributed by atoms with E-state index in [2.05, 4.69) is 29.2 Å². The van der Waals surface area contributed by atoms with Crippen LogP contribution in [0.25, 0.3) is 0 Å². The molecule has 2 rings (SSSR count). The number of aryl methyl sites for hydroxylation is 1. The lowest BCUT2D eigenvalue weighted by atomic mass is 10.2. The number of hydrazine groups is 1. The summed E-state index contributed by atoms with van der Waals surface area (Å²) in [6.07, 6.45) is 2.56. The molecule has 1 aromatic rings. The van der Waals surface area contributed by atoms with Crippen molar-refractivity contribution < 1.29 is 9.21 Å². The van der Waals surface area contributed by atoms with E-state index in [1.807, 2.05) is 6.92 Å². The number of rotatable bonds is 6. The Kier molecular flexibility index (Phi) is 5.39. The molecule has 1 amide bonds. The lowest BCUT2D eigenvalue weighted by Gasteiger charge is -2.27. The minimum atomic E-state index is -0.389. The Balaban J connectivity index is 1.94. The van der Waals surface area contributed by atoms with Crippen LogP contribution in [0.3, 0.4) is 0 Å². The highest BCUT2D eigenvalue weighted by Crippen LogP contribution is 2.20. The largest absolute Gasteiger partial charge is 0.456 e. The molecule has 1 saturated heterocycles. The highest BCUT2D eigenvalue weighted by Gasteiger charge is 2.24. The fourth-order valence-electron chi connectivity index (χ4n) is 3.09. The SMILES string of the molecule is CCN1CCCC1CN(C)Cc1cc(C(=O)NN)oc1C. The molecule has 1 aromatic heterocycles. The van der Waals surface area contributed by atoms with Gasteiger partial charge < -0.3 is 9.32 Å². The number of nitrogens with two attached hydrogens (primary N) is 1. The zero-order valence-corrected chi connectivity index (χ0v) is 13.2. The van der Waals surface area contributed by atoms with Crippen molar-refractivity contribution in [3.63, 3.8) is 0 Å². The fourth-order valence-corrected chi connectivity index (χ4v) is 3.09. The lowest BCUT2D eigenvalue weighted by Crippen LogP contribution is -2.38. The number of hydrogen-bond donors (Lipinski definition) is 2. The number of carbonyl (C=O) groups is 1. The summed E-state index contributed by atoms with van der Waals surface area (Å²) in [6.45, 7) is 8.24. The minimum Gasteiger partial charge on any atom is -0.456 e. The van der Waals surface area contributed by atoms with Crippen LogP contribution in [0.4, 0.5) is 0 Å². The highest BCUT2D eigenvalue weighted by atomic mass is 16.4. The van der Waals surface area contributed by atoms with Gasteiger partial charge in [-0.15, -0.1) is 0 Å². The first-order chi connectivity index (χ1) is 10.0. The summed E-state index contributed by atoms with van der Waals surface area (Å²) >= 11 is 0. The first-order valence-electron chi connectivity index (χ1n) is 7.58. The number of nitrogen functional groups attached to an aromatic ring is 1. The molecule has 3 N–H and O–H groups in total. The molecule has 1 unspecified atom stereocenters. The molecule has 0 spiro atoms. The maximum atomic E-state index is 11.5. The second-order valence-electron chi connectivity index (χ2n) is 5.79. The van der Waals surface area contributed by atoms with E-state index in [1.54, 1.807) is 6.07 Å². The van der Waals surface area contributed by atoms with E-state index in [9.17, 15) is 4.79 Å². The van der Waals surface area contributed by atoms with E-state index in [0.717, 1.165) is 31.0 Å². The average Bonchev–Trinajstić information content (AvgIpc) is 3.05. The molecule has 0 radical (unpaired) electrons. The van der Waals surface area contributed by atoms with E-state index < -0.39 is 0 Å². The van der Waals surface area contributed by atoms with Crippen molar-refractivity contribution in [3.8, 4) is 0 Å². The number of nitrogens with zero attached hydrogens (tertiary/aromatic N) is 2. The van der Waals surface area contributed by atoms with Gasteiger partial charge in [-0.05, 0) is 46.0 Å². The van der Waals surface area contributed by atoms with Gasteiger partial charge in [0.25, 0.3) is 0 Å². The Morgan fingerprint density at radius 1 is 1.62 bits per heavy atom. The van der Waals surface area contributed by atoms with E-state index in [0.29, 0.717) is 6.04 Å². The van der Waals surface area contributed by atoms with Crippen molar-refractivity contribution in [2.24, 2.45) is 5.84 Å². The number of furan rings is 1. The second kappa shape index (κ2) is 7.06. The third-order valence-electron chi connectivity index (χ3n) is 4.24. The van der Waals surface area contributed by atoms with Crippen molar-refractivity contribution in [2.75, 3.05) is 26.7 Å². The van der Waals surface area contributed by atoms with Gasteiger partial charge in [-0.3, -0.25) is 15.1 Å². The number of likely N-dealkylation sites (tertiary alicyclic amines) is 1. The molecule has 1 aliphatic heterocycles. The molecule has 6 heteroatoms. The molecular formula is C15H26N4O2. The number of carbonyl (C=O) groups excluding carboxylic acids is 1. The highest BCUT2D eigenvalue weighted by molar-refractivity contribution is 5.91. The van der Waals surface area contributed by atoms with E-state index in [-0.39, 0.29) is 11.7 Å². The van der Waals surface area contributed by atoms with Crippen LogP contribution in [0.5, 0.6) is 0 Å². The van der Waals surface area contributed by atoms with Gasteiger partial charge in [0.05, 0.1) is 0 Å². The van der Waals surface area contributed by atoms with Crippen molar-refractivity contribution in [1.29, 1.82) is 0 Å². The number of nitrogens with one attached hydrogen (secondary N) is 1. The van der Waals surface area contributed by atoms with Gasteiger partial charge in [0.1, 0.15) is 5.76 Å². The maximum absolute atomic E-state index is 11.5. The average molecular weight is 294 g/mol. The molecule has 0 bridgehead atoms. The number of amides is 1. The maximum Gasteiger partial charge on any atom is 0.300 e. The zero-order valence-electron chi connectivity index (χ0n) is 13.2. The number of hydrogen-bond acceptors (Lipinski definition) is 5. The summed E-state index contributed by atoms with van der Waals surface area (Å²) in [6, 6.07) is 2.42. The Morgan fingerprint density at radius 3 is 3.05 bits per heavy atom. The predicted octanol–water partition coefficient (Wildman–Crippen LogP) is 1.11. The molecule has 118 valence electrons. The van der Waals surface area contributed by atoms with Crippen molar-refractivity contribution in [2.45, 2.75) is 39.3 Å². The molecule has 1 fully saturated rings. The van der Waals surface area contributed by atoms with Gasteiger partial charge in [-0.25, -0.2) is 5.84 Å². The first-order valence-corrected chi connectivity index (χ1v) is 7.58. The summed E-state index contributed by atoms with van der Waals surface area (Å²) < 4.78 is 5.45. The molecule has 0 aliphatic carbocycles. The Hall–Kier alpha value is -1.37. The van der Waals surface area contributed by atoms with E-state index in [1.165, 1.54) is 19.4 Å². The molecule has 0 aromatic carbocycles. The van der Waals surface area contributed by atoms with Crippen LogP contribution in [0.2, 0.25) is 0 Å². The predicted molar refractivity (Wildman–Crippen MR) is 81.7 cm³/mol. The quantitative estimate of drug-likeness (QED) is 0.467. The molecule has 2 heterocycles. The first kappa shape index (κ1) is 16.0. The third kappa shape index (κ3) is 3.84. The van der Waals surface area contributed by atoms with Crippen LogP contribution in [0.15, 0.2) is 10.5 Å². The number of likely N-dealkylation sites (N-methyl/N-ethyl adjacent to an activating group) is 2. The van der Waals surface area contributed by atoms with Gasteiger partial charge in [-0.2, -0.15) is 0 Å². The van der Waals surface area contributed by atoms with Gasteiger partial charge in [0, 0.05) is 24.7 Å². The molecule has 6 nitrogen and oxygen atoms in total. The van der Waals surface area contributed by atoms with Crippen LogP contribution < -0.4 is 11.3 Å². The Morgan fingerprint density at radius 2 is 2.38 bits per heavy atom. The fraction of sp³-hybridized carbons (Fsp3) is 0.667. The van der Waals surface area contributed by atoms with Crippen LogP contribution >= 0.6 is 0 Å². The summed E-state index contributed by atoms with van der Waals surface area (Å²) in [5, 5.41) is 0. The second-order valence-corrected chi connectivity index (χ2v) is 5.79. The monoisotopic (exact) mass is 294 g/mol. The van der Waals surface area contributed by atoms with Gasteiger partial charge in [0.15, 0.2) is 5.76 Å². The normalized spacial score (nSPS) is 19.4. The summed E-state index contributed by atoms with van der Waals surface area (Å²) in [7, 11) is 2.11. The lowest BCUT2D eigenvalue weighted by molar-refractivity contribution is 0.0924. The smallest absolute Gasteiger partial charge is 0.300 e. The van der Waals surface area contributed by atoms with E-state index >= 15 is 0 Å².